The SMILES string of the molecule is C[NH+](C)Cc1c([O-])ccc2c1O/C(=C\c1cc(Br)cc3c1OCOC3)C2=O. The van der Waals surface area contributed by atoms with Crippen LogP contribution in [-0.4, -0.2) is 26.7 Å². The first-order valence-corrected chi connectivity index (χ1v) is 9.32. The number of carbonyl (C=O) groups excluding carboxylic acids is 1. The fraction of sp³-hybridized carbons (Fsp3) is 0.250. The Kier molecular flexibility index (Phi) is 4.67. The van der Waals surface area contributed by atoms with Gasteiger partial charge in [-0.15, -0.1) is 0 Å². The monoisotopic (exact) mass is 431 g/mol. The van der Waals surface area contributed by atoms with E-state index in [1.807, 2.05) is 26.2 Å². The lowest BCUT2D eigenvalue weighted by molar-refractivity contribution is -0.872. The predicted molar refractivity (Wildman–Crippen MR) is 99.8 cm³/mol. The molecule has 0 fully saturated rings. The van der Waals surface area contributed by atoms with Crippen LogP contribution in [0.3, 0.4) is 0 Å². The van der Waals surface area contributed by atoms with E-state index in [1.54, 1.807) is 6.08 Å². The van der Waals surface area contributed by atoms with Crippen LogP contribution in [0.25, 0.3) is 6.08 Å². The van der Waals surface area contributed by atoms with Gasteiger partial charge in [0, 0.05) is 21.2 Å². The van der Waals surface area contributed by atoms with Gasteiger partial charge in [0.15, 0.2) is 12.6 Å². The van der Waals surface area contributed by atoms with E-state index in [0.29, 0.717) is 35.8 Å². The van der Waals surface area contributed by atoms with Gasteiger partial charge in [0.2, 0.25) is 5.78 Å². The summed E-state index contributed by atoms with van der Waals surface area (Å²) in [5.41, 5.74) is 2.56. The Morgan fingerprint density at radius 1 is 1.26 bits per heavy atom. The lowest BCUT2D eigenvalue weighted by atomic mass is 10.0. The molecule has 2 aromatic rings. The highest BCUT2D eigenvalue weighted by Gasteiger charge is 2.31. The lowest BCUT2D eigenvalue weighted by Crippen LogP contribution is -3.04. The number of nitrogens with one attached hydrogen (secondary N) is 1. The maximum absolute atomic E-state index is 12.8. The largest absolute Gasteiger partial charge is 0.872 e. The quantitative estimate of drug-likeness (QED) is 0.748. The number of benzene rings is 2. The average Bonchev–Trinajstić information content (AvgIpc) is 2.93. The molecule has 0 atom stereocenters. The summed E-state index contributed by atoms with van der Waals surface area (Å²) in [7, 11) is 3.89. The molecule has 2 aliphatic rings. The Balaban J connectivity index is 1.77. The van der Waals surface area contributed by atoms with Crippen molar-refractivity contribution in [3.63, 3.8) is 0 Å². The molecule has 140 valence electrons. The summed E-state index contributed by atoms with van der Waals surface area (Å²) in [6, 6.07) is 6.75. The first-order valence-electron chi connectivity index (χ1n) is 8.53. The summed E-state index contributed by atoms with van der Waals surface area (Å²) in [5, 5.41) is 12.3. The molecule has 27 heavy (non-hydrogen) atoms. The number of quaternary nitrogens is 1. The van der Waals surface area contributed by atoms with Crippen molar-refractivity contribution < 1.29 is 29.0 Å². The maximum Gasteiger partial charge on any atom is 0.231 e. The number of fused-ring (bicyclic) bond motifs is 2. The van der Waals surface area contributed by atoms with Gasteiger partial charge in [0.05, 0.1) is 26.3 Å². The zero-order chi connectivity index (χ0) is 19.1. The van der Waals surface area contributed by atoms with Crippen LogP contribution in [0.5, 0.6) is 17.2 Å². The molecule has 2 heterocycles. The molecule has 0 spiro atoms. The molecule has 0 radical (unpaired) electrons. The average molecular weight is 432 g/mol. The van der Waals surface area contributed by atoms with Crippen molar-refractivity contribution in [1.82, 2.24) is 0 Å². The molecule has 0 saturated carbocycles. The van der Waals surface area contributed by atoms with Gasteiger partial charge in [-0.3, -0.25) is 4.79 Å². The van der Waals surface area contributed by atoms with Crippen molar-refractivity contribution in [1.29, 1.82) is 0 Å². The van der Waals surface area contributed by atoms with Gasteiger partial charge in [-0.25, -0.2) is 0 Å². The van der Waals surface area contributed by atoms with Gasteiger partial charge in [-0.1, -0.05) is 27.7 Å². The zero-order valence-corrected chi connectivity index (χ0v) is 16.5. The smallest absolute Gasteiger partial charge is 0.231 e. The summed E-state index contributed by atoms with van der Waals surface area (Å²) in [4.78, 5) is 13.9. The van der Waals surface area contributed by atoms with E-state index < -0.39 is 0 Å². The highest BCUT2D eigenvalue weighted by molar-refractivity contribution is 9.10. The van der Waals surface area contributed by atoms with Gasteiger partial charge in [0.1, 0.15) is 18.0 Å². The van der Waals surface area contributed by atoms with Crippen LogP contribution in [0.2, 0.25) is 0 Å². The van der Waals surface area contributed by atoms with Gasteiger partial charge in [-0.05, 0) is 24.3 Å². The van der Waals surface area contributed by atoms with Crippen LogP contribution < -0.4 is 19.5 Å². The van der Waals surface area contributed by atoms with Crippen molar-refractivity contribution in [3.05, 3.63) is 56.8 Å². The molecule has 0 bridgehead atoms. The van der Waals surface area contributed by atoms with E-state index in [0.717, 1.165) is 20.5 Å². The topological polar surface area (TPSA) is 72.3 Å². The Labute approximate surface area is 165 Å². The van der Waals surface area contributed by atoms with Crippen molar-refractivity contribution in [2.75, 3.05) is 20.9 Å². The molecular formula is C20H18BrNO5. The zero-order valence-electron chi connectivity index (χ0n) is 14.9. The third kappa shape index (κ3) is 3.34. The number of Topliss-reactive ketones (excluding diaryl/α,β-unsaturated/α-hetero) is 1. The summed E-state index contributed by atoms with van der Waals surface area (Å²) < 4.78 is 17.6. The maximum atomic E-state index is 12.8. The molecule has 7 heteroatoms. The van der Waals surface area contributed by atoms with Crippen LogP contribution in [0, 0.1) is 0 Å². The highest BCUT2D eigenvalue weighted by atomic mass is 79.9. The Bertz CT molecular complexity index is 967. The van der Waals surface area contributed by atoms with E-state index in [9.17, 15) is 9.90 Å². The molecule has 2 aliphatic heterocycles. The first kappa shape index (κ1) is 18.0. The van der Waals surface area contributed by atoms with Gasteiger partial charge < -0.3 is 24.2 Å². The van der Waals surface area contributed by atoms with E-state index in [2.05, 4.69) is 15.9 Å². The molecule has 2 aromatic carbocycles. The number of ether oxygens (including phenoxy) is 3. The van der Waals surface area contributed by atoms with Crippen LogP contribution in [-0.2, 0) is 17.9 Å². The number of hydrogen-bond donors (Lipinski definition) is 1. The lowest BCUT2D eigenvalue weighted by Gasteiger charge is -2.20. The second-order valence-corrected chi connectivity index (χ2v) is 7.75. The Morgan fingerprint density at radius 3 is 2.85 bits per heavy atom. The molecule has 0 saturated heterocycles. The fourth-order valence-corrected chi connectivity index (χ4v) is 3.79. The minimum absolute atomic E-state index is 0.121. The van der Waals surface area contributed by atoms with Crippen molar-refractivity contribution in [2.45, 2.75) is 13.2 Å². The summed E-state index contributed by atoms with van der Waals surface area (Å²) in [5.74, 6) is 0.867. The fourth-order valence-electron chi connectivity index (χ4n) is 3.27. The number of hydrogen-bond acceptors (Lipinski definition) is 5. The molecule has 4 rings (SSSR count). The van der Waals surface area contributed by atoms with E-state index in [-0.39, 0.29) is 24.1 Å². The highest BCUT2D eigenvalue weighted by Crippen LogP contribution is 2.40. The van der Waals surface area contributed by atoms with Crippen LogP contribution >= 0.6 is 15.9 Å². The normalized spacial score (nSPS) is 16.9. The van der Waals surface area contributed by atoms with E-state index in [1.165, 1.54) is 12.1 Å². The number of halogens is 1. The van der Waals surface area contributed by atoms with E-state index in [4.69, 9.17) is 14.2 Å². The minimum atomic E-state index is -0.235. The first-order chi connectivity index (χ1) is 12.9. The summed E-state index contributed by atoms with van der Waals surface area (Å²) in [6.45, 7) is 1.08. The molecule has 1 N–H and O–H groups in total. The summed E-state index contributed by atoms with van der Waals surface area (Å²) in [6.07, 6.45) is 1.66. The van der Waals surface area contributed by atoms with Crippen molar-refractivity contribution in [3.8, 4) is 17.2 Å². The number of allylic oxidation sites excluding steroid dienone is 1. The Hall–Kier alpha value is -2.35. The molecular weight excluding hydrogens is 414 g/mol. The minimum Gasteiger partial charge on any atom is -0.872 e. The third-order valence-corrected chi connectivity index (χ3v) is 4.88. The predicted octanol–water partition coefficient (Wildman–Crippen LogP) is 1.65. The number of ketones is 1. The van der Waals surface area contributed by atoms with Gasteiger partial charge in [0.25, 0.3) is 0 Å². The van der Waals surface area contributed by atoms with Crippen LogP contribution in [0.4, 0.5) is 0 Å². The van der Waals surface area contributed by atoms with Gasteiger partial charge in [-0.2, -0.15) is 0 Å². The van der Waals surface area contributed by atoms with Crippen LogP contribution in [0.1, 0.15) is 27.0 Å². The van der Waals surface area contributed by atoms with Crippen molar-refractivity contribution in [2.24, 2.45) is 0 Å². The van der Waals surface area contributed by atoms with Crippen LogP contribution in [0.15, 0.2) is 34.5 Å². The molecule has 6 nitrogen and oxygen atoms in total. The second kappa shape index (κ2) is 6.99. The summed E-state index contributed by atoms with van der Waals surface area (Å²) >= 11 is 3.47. The number of rotatable bonds is 3. The van der Waals surface area contributed by atoms with E-state index >= 15 is 0 Å². The van der Waals surface area contributed by atoms with Crippen molar-refractivity contribution >= 4 is 27.8 Å². The molecule has 0 aliphatic carbocycles. The molecule has 0 amide bonds. The second-order valence-electron chi connectivity index (χ2n) is 6.84. The molecule has 0 unspecified atom stereocenters. The number of carbonyl (C=O) groups is 1. The standard InChI is InChI=1S/C20H18BrNO5/c1-22(2)8-15-16(23)4-3-14-18(24)17(27-20(14)15)7-11-5-13(21)6-12-9-25-10-26-19(11)12/h3-7,23H,8-10H2,1-2H3/b17-7-. The molecule has 0 aromatic heterocycles. The third-order valence-electron chi connectivity index (χ3n) is 4.42. The van der Waals surface area contributed by atoms with Gasteiger partial charge >= 0.3 is 0 Å². The Morgan fingerprint density at radius 2 is 2.07 bits per heavy atom.